The minimum absolute atomic E-state index is 0.0188. The molecule has 0 amide bonds. The number of phosphoric acid groups is 1. The summed E-state index contributed by atoms with van der Waals surface area (Å²) in [6, 6.07) is 0. The number of quaternary nitrogens is 1. The average Bonchev–Trinajstić information content (AvgIpc) is 3.15. The lowest BCUT2D eigenvalue weighted by Crippen LogP contribution is -2.37. The number of hydrogen-bond donors (Lipinski definition) is 1. The first-order valence-electron chi connectivity index (χ1n) is 21.3. The van der Waals surface area contributed by atoms with Crippen molar-refractivity contribution in [1.29, 1.82) is 0 Å². The van der Waals surface area contributed by atoms with E-state index in [1.54, 1.807) is 0 Å². The van der Waals surface area contributed by atoms with E-state index in [9.17, 15) is 19.0 Å². The van der Waals surface area contributed by atoms with Crippen LogP contribution in [-0.2, 0) is 32.7 Å². The van der Waals surface area contributed by atoms with Gasteiger partial charge in [0.25, 0.3) is 0 Å². The highest BCUT2D eigenvalue weighted by atomic mass is 31.2. The van der Waals surface area contributed by atoms with Crippen LogP contribution < -0.4 is 0 Å². The number of phosphoric ester groups is 1. The van der Waals surface area contributed by atoms with E-state index in [0.717, 1.165) is 103 Å². The maximum absolute atomic E-state index is 12.7. The standard InChI is InChI=1S/C46H78NO8P/c1-6-8-10-12-14-16-18-20-22-23-25-26-28-30-32-34-36-38-45(48)52-42-44(43-54-56(50,51)53-41-40-47(3,4)5)55-46(49)39-37-35-33-31-29-27-24-21-19-17-15-13-11-9-7-2/h8-11,14-17,20-22,24-26,44H,6-7,12-13,18-19,23,27-43H2,1-5H3/p+1/b10-8-,11-9-,16-14-,17-15-,22-20-,24-21-,26-25-/t44-/m1/s1. The van der Waals surface area contributed by atoms with Crippen molar-refractivity contribution in [3.63, 3.8) is 0 Å². The lowest BCUT2D eigenvalue weighted by Gasteiger charge is -2.24. The van der Waals surface area contributed by atoms with Crippen molar-refractivity contribution in [2.75, 3.05) is 47.5 Å². The predicted octanol–water partition coefficient (Wildman–Crippen LogP) is 12.0. The van der Waals surface area contributed by atoms with Gasteiger partial charge in [0.2, 0.25) is 0 Å². The largest absolute Gasteiger partial charge is 0.472 e. The number of likely N-dealkylation sites (N-methyl/N-ethyl adjacent to an activating group) is 1. The number of hydrogen-bond acceptors (Lipinski definition) is 7. The van der Waals surface area contributed by atoms with Crippen molar-refractivity contribution in [2.45, 2.75) is 148 Å². The van der Waals surface area contributed by atoms with Gasteiger partial charge in [0.1, 0.15) is 19.8 Å². The molecule has 0 aliphatic rings. The van der Waals surface area contributed by atoms with Gasteiger partial charge in [-0.25, -0.2) is 4.57 Å². The minimum atomic E-state index is -4.39. The number of ether oxygens (including phenoxy) is 2. The van der Waals surface area contributed by atoms with Crippen molar-refractivity contribution in [2.24, 2.45) is 0 Å². The van der Waals surface area contributed by atoms with Gasteiger partial charge in [-0.3, -0.25) is 18.6 Å². The number of carbonyl (C=O) groups is 2. The summed E-state index contributed by atoms with van der Waals surface area (Å²) in [7, 11) is 1.43. The molecule has 0 bridgehead atoms. The first-order chi connectivity index (χ1) is 27.0. The molecule has 0 radical (unpaired) electrons. The fourth-order valence-corrected chi connectivity index (χ4v) is 5.88. The van der Waals surface area contributed by atoms with Gasteiger partial charge >= 0.3 is 19.8 Å². The summed E-state index contributed by atoms with van der Waals surface area (Å²) in [5, 5.41) is 0. The molecule has 320 valence electrons. The maximum atomic E-state index is 12.7. The van der Waals surface area contributed by atoms with Crippen LogP contribution in [0.1, 0.15) is 142 Å². The lowest BCUT2D eigenvalue weighted by molar-refractivity contribution is -0.870. The number of carbonyl (C=O) groups excluding carboxylic acids is 2. The Balaban J connectivity index is 4.47. The summed E-state index contributed by atoms with van der Waals surface area (Å²) >= 11 is 0. The number of unbranched alkanes of at least 4 members (excludes halogenated alkanes) is 9. The van der Waals surface area contributed by atoms with Crippen molar-refractivity contribution in [3.8, 4) is 0 Å². The van der Waals surface area contributed by atoms with Crippen molar-refractivity contribution in [3.05, 3.63) is 85.1 Å². The first-order valence-corrected chi connectivity index (χ1v) is 22.8. The quantitative estimate of drug-likeness (QED) is 0.0217. The molecule has 0 aromatic carbocycles. The van der Waals surface area contributed by atoms with Gasteiger partial charge in [-0.15, -0.1) is 0 Å². The molecule has 1 N–H and O–H groups in total. The zero-order valence-corrected chi connectivity index (χ0v) is 36.7. The molecule has 10 heteroatoms. The van der Waals surface area contributed by atoms with Crippen LogP contribution in [0.15, 0.2) is 85.1 Å². The summed E-state index contributed by atoms with van der Waals surface area (Å²) in [6.45, 7) is 4.12. The second-order valence-electron chi connectivity index (χ2n) is 15.0. The van der Waals surface area contributed by atoms with Gasteiger partial charge in [0.15, 0.2) is 6.10 Å². The molecule has 0 fully saturated rings. The number of esters is 2. The molecule has 0 aromatic rings. The van der Waals surface area contributed by atoms with E-state index in [1.165, 1.54) is 0 Å². The van der Waals surface area contributed by atoms with Gasteiger partial charge in [-0.05, 0) is 83.5 Å². The van der Waals surface area contributed by atoms with Crippen LogP contribution in [0.4, 0.5) is 0 Å². The van der Waals surface area contributed by atoms with E-state index in [0.29, 0.717) is 23.9 Å². The third-order valence-corrected chi connectivity index (χ3v) is 9.40. The Morgan fingerprint density at radius 1 is 0.554 bits per heavy atom. The summed E-state index contributed by atoms with van der Waals surface area (Å²) < 4.78 is 34.2. The van der Waals surface area contributed by atoms with E-state index in [1.807, 2.05) is 21.1 Å². The molecule has 9 nitrogen and oxygen atoms in total. The van der Waals surface area contributed by atoms with Crippen LogP contribution in [0, 0.1) is 0 Å². The highest BCUT2D eigenvalue weighted by molar-refractivity contribution is 7.47. The SMILES string of the molecule is CC/C=C\C/C=C\C/C=C\C/C=C\CCCCCCC(=O)OC[C@H](COP(=O)(O)OCC[N+](C)(C)C)OC(=O)CCCCCCC/C=C\C/C=C\C/C=C\CC. The first kappa shape index (κ1) is 53.2. The van der Waals surface area contributed by atoms with Crippen molar-refractivity contribution >= 4 is 19.8 Å². The Hall–Kier alpha value is -2.81. The molecular weight excluding hydrogens is 725 g/mol. The fraction of sp³-hybridized carbons (Fsp3) is 0.652. The molecule has 56 heavy (non-hydrogen) atoms. The van der Waals surface area contributed by atoms with E-state index in [-0.39, 0.29) is 26.1 Å². The van der Waals surface area contributed by atoms with E-state index < -0.39 is 32.5 Å². The lowest BCUT2D eigenvalue weighted by atomic mass is 10.1. The molecule has 0 aliphatic carbocycles. The molecule has 1 unspecified atom stereocenters. The van der Waals surface area contributed by atoms with Crippen molar-refractivity contribution in [1.82, 2.24) is 0 Å². The van der Waals surface area contributed by atoms with E-state index in [2.05, 4.69) is 98.9 Å². The van der Waals surface area contributed by atoms with Crippen LogP contribution in [0.25, 0.3) is 0 Å². The van der Waals surface area contributed by atoms with Crippen LogP contribution in [0.5, 0.6) is 0 Å². The highest BCUT2D eigenvalue weighted by Gasteiger charge is 2.27. The van der Waals surface area contributed by atoms with Gasteiger partial charge in [-0.2, -0.15) is 0 Å². The molecule has 0 saturated carbocycles. The van der Waals surface area contributed by atoms with Crippen LogP contribution in [0.3, 0.4) is 0 Å². The summed E-state index contributed by atoms with van der Waals surface area (Å²) in [5.41, 5.74) is 0. The third-order valence-electron chi connectivity index (χ3n) is 8.42. The summed E-state index contributed by atoms with van der Waals surface area (Å²) in [6.07, 6.45) is 47.7. The Labute approximate surface area is 341 Å². The normalized spacial score (nSPS) is 14.5. The Kier molecular flexibility index (Phi) is 35.9. The second kappa shape index (κ2) is 37.7. The molecule has 0 aromatic heterocycles. The molecule has 0 saturated heterocycles. The topological polar surface area (TPSA) is 108 Å². The zero-order valence-electron chi connectivity index (χ0n) is 35.8. The van der Waals surface area contributed by atoms with Crippen LogP contribution in [0.2, 0.25) is 0 Å². The van der Waals surface area contributed by atoms with Gasteiger partial charge in [0.05, 0.1) is 27.7 Å². The minimum Gasteiger partial charge on any atom is -0.462 e. The fourth-order valence-electron chi connectivity index (χ4n) is 5.13. The average molecular weight is 805 g/mol. The Morgan fingerprint density at radius 2 is 0.964 bits per heavy atom. The molecule has 0 rings (SSSR count). The monoisotopic (exact) mass is 805 g/mol. The highest BCUT2D eigenvalue weighted by Crippen LogP contribution is 2.43. The molecule has 2 atom stereocenters. The second-order valence-corrected chi connectivity index (χ2v) is 16.4. The zero-order chi connectivity index (χ0) is 41.4. The number of nitrogens with zero attached hydrogens (tertiary/aromatic N) is 1. The van der Waals surface area contributed by atoms with Gasteiger partial charge in [0, 0.05) is 12.8 Å². The van der Waals surface area contributed by atoms with Gasteiger partial charge in [-0.1, -0.05) is 131 Å². The number of rotatable bonds is 37. The summed E-state index contributed by atoms with van der Waals surface area (Å²) in [4.78, 5) is 35.3. The maximum Gasteiger partial charge on any atom is 0.472 e. The molecule has 0 aliphatic heterocycles. The van der Waals surface area contributed by atoms with Gasteiger partial charge < -0.3 is 18.9 Å². The number of allylic oxidation sites excluding steroid dienone is 14. The smallest absolute Gasteiger partial charge is 0.462 e. The van der Waals surface area contributed by atoms with Crippen molar-refractivity contribution < 1.29 is 42.1 Å². The van der Waals surface area contributed by atoms with E-state index >= 15 is 0 Å². The van der Waals surface area contributed by atoms with Crippen LogP contribution >= 0.6 is 7.82 Å². The summed E-state index contributed by atoms with van der Waals surface area (Å²) in [5.74, 6) is -0.856. The molecule has 0 spiro atoms. The molecular formula is C46H79NO8P+. The van der Waals surface area contributed by atoms with Crippen LogP contribution in [-0.4, -0.2) is 74.9 Å². The third kappa shape index (κ3) is 40.8. The van der Waals surface area contributed by atoms with E-state index in [4.69, 9.17) is 18.5 Å². The Bertz CT molecular complexity index is 1230. The predicted molar refractivity (Wildman–Crippen MR) is 233 cm³/mol. The Morgan fingerprint density at radius 3 is 1.43 bits per heavy atom. The molecule has 0 heterocycles.